The summed E-state index contributed by atoms with van der Waals surface area (Å²) in [5.74, 6) is 0.869. The average Bonchev–Trinajstić information content (AvgIpc) is 2.58. The molecule has 0 bridgehead atoms. The van der Waals surface area contributed by atoms with Crippen LogP contribution in [-0.2, 0) is 6.54 Å². The Hall–Kier alpha value is -1.82. The molecule has 0 saturated carbocycles. The predicted molar refractivity (Wildman–Crippen MR) is 56.5 cm³/mol. The lowest BCUT2D eigenvalue weighted by Crippen LogP contribution is -2.09. The Kier molecular flexibility index (Phi) is 2.66. The first kappa shape index (κ1) is 10.7. The Bertz CT molecular complexity index is 520. The van der Waals surface area contributed by atoms with Crippen LogP contribution in [0.4, 0.5) is 4.39 Å². The molecule has 0 aliphatic heterocycles. The van der Waals surface area contributed by atoms with Crippen molar-refractivity contribution in [1.29, 1.82) is 0 Å². The summed E-state index contributed by atoms with van der Waals surface area (Å²) in [6.07, 6.45) is 1.51. The highest BCUT2D eigenvalue weighted by atomic mass is 19.1. The zero-order chi connectivity index (χ0) is 11.7. The molecule has 0 spiro atoms. The summed E-state index contributed by atoms with van der Waals surface area (Å²) >= 11 is 0. The van der Waals surface area contributed by atoms with Crippen molar-refractivity contribution in [3.05, 3.63) is 35.3 Å². The molecule has 84 valence electrons. The molecule has 0 fully saturated rings. The molecule has 0 aliphatic rings. The lowest BCUT2D eigenvalue weighted by Gasteiger charge is -2.06. The molecule has 5 nitrogen and oxygen atoms in total. The van der Waals surface area contributed by atoms with Gasteiger partial charge in [-0.05, 0) is 19.9 Å². The van der Waals surface area contributed by atoms with Crippen LogP contribution in [0.5, 0.6) is 0 Å². The molecule has 2 aromatic heterocycles. The van der Waals surface area contributed by atoms with Crippen LogP contribution in [0.25, 0.3) is 5.82 Å². The number of nitrogens with zero attached hydrogens (tertiary/aromatic N) is 4. The fourth-order valence-electron chi connectivity index (χ4n) is 1.50. The van der Waals surface area contributed by atoms with Crippen molar-refractivity contribution < 1.29 is 4.39 Å². The molecule has 16 heavy (non-hydrogen) atoms. The second-order valence-electron chi connectivity index (χ2n) is 3.43. The lowest BCUT2D eigenvalue weighted by molar-refractivity contribution is 0.581. The molecular formula is C10H12FN5. The van der Waals surface area contributed by atoms with E-state index in [1.54, 1.807) is 19.9 Å². The number of hydrogen-bond acceptors (Lipinski definition) is 4. The highest BCUT2D eigenvalue weighted by Gasteiger charge is 2.13. The van der Waals surface area contributed by atoms with Gasteiger partial charge in [0.1, 0.15) is 11.6 Å². The van der Waals surface area contributed by atoms with E-state index in [1.165, 1.54) is 10.9 Å². The molecule has 0 aromatic carbocycles. The highest BCUT2D eigenvalue weighted by molar-refractivity contribution is 5.30. The van der Waals surface area contributed by atoms with E-state index in [4.69, 9.17) is 5.73 Å². The number of hydrogen-bond donors (Lipinski definition) is 1. The van der Waals surface area contributed by atoms with Crippen molar-refractivity contribution in [3.63, 3.8) is 0 Å². The largest absolute Gasteiger partial charge is 0.326 e. The van der Waals surface area contributed by atoms with Crippen molar-refractivity contribution in [1.82, 2.24) is 19.7 Å². The third kappa shape index (κ3) is 1.67. The van der Waals surface area contributed by atoms with E-state index in [2.05, 4.69) is 15.1 Å². The van der Waals surface area contributed by atoms with Crippen LogP contribution in [0.1, 0.15) is 17.2 Å². The standard InChI is InChI=1S/C10H12FN5/c1-6-14-7(2)16(15-6)10-9(11)8(5-12)3-4-13-10/h3-4H,5,12H2,1-2H3. The Balaban J connectivity index is 2.60. The minimum Gasteiger partial charge on any atom is -0.326 e. The number of pyridine rings is 1. The summed E-state index contributed by atoms with van der Waals surface area (Å²) in [5, 5.41) is 4.08. The Morgan fingerprint density at radius 3 is 2.75 bits per heavy atom. The van der Waals surface area contributed by atoms with E-state index in [0.717, 1.165) is 0 Å². The summed E-state index contributed by atoms with van der Waals surface area (Å²) in [5.41, 5.74) is 5.84. The van der Waals surface area contributed by atoms with Gasteiger partial charge in [-0.25, -0.2) is 14.4 Å². The smallest absolute Gasteiger partial charge is 0.191 e. The van der Waals surface area contributed by atoms with Gasteiger partial charge in [-0.3, -0.25) is 0 Å². The van der Waals surface area contributed by atoms with Gasteiger partial charge in [0.2, 0.25) is 0 Å². The van der Waals surface area contributed by atoms with Gasteiger partial charge in [-0.1, -0.05) is 0 Å². The molecule has 2 heterocycles. The lowest BCUT2D eigenvalue weighted by atomic mass is 10.2. The highest BCUT2D eigenvalue weighted by Crippen LogP contribution is 2.14. The summed E-state index contributed by atoms with van der Waals surface area (Å²) < 4.78 is 15.3. The summed E-state index contributed by atoms with van der Waals surface area (Å²) in [7, 11) is 0. The van der Waals surface area contributed by atoms with Gasteiger partial charge in [-0.2, -0.15) is 4.68 Å². The molecule has 2 aromatic rings. The molecule has 0 radical (unpaired) electrons. The zero-order valence-electron chi connectivity index (χ0n) is 9.11. The SMILES string of the molecule is Cc1nc(C)n(-c2nccc(CN)c2F)n1. The van der Waals surface area contributed by atoms with Gasteiger partial charge < -0.3 is 5.73 Å². The van der Waals surface area contributed by atoms with Gasteiger partial charge >= 0.3 is 0 Å². The third-order valence-corrected chi connectivity index (χ3v) is 2.25. The first-order valence-electron chi connectivity index (χ1n) is 4.87. The topological polar surface area (TPSA) is 69.6 Å². The van der Waals surface area contributed by atoms with E-state index < -0.39 is 5.82 Å². The minimum absolute atomic E-state index is 0.133. The monoisotopic (exact) mass is 221 g/mol. The molecule has 2 N–H and O–H groups in total. The number of aromatic nitrogens is 4. The van der Waals surface area contributed by atoms with Gasteiger partial charge in [0, 0.05) is 18.3 Å². The minimum atomic E-state index is -0.446. The van der Waals surface area contributed by atoms with Gasteiger partial charge in [0.15, 0.2) is 11.6 Å². The third-order valence-electron chi connectivity index (χ3n) is 2.25. The van der Waals surface area contributed by atoms with Gasteiger partial charge in [0.05, 0.1) is 0 Å². The normalized spacial score (nSPS) is 10.8. The number of halogens is 1. The molecule has 0 amide bonds. The average molecular weight is 221 g/mol. The first-order chi connectivity index (χ1) is 7.63. The summed E-state index contributed by atoms with van der Waals surface area (Å²) in [6.45, 7) is 3.62. The van der Waals surface area contributed by atoms with Crippen LogP contribution in [0.15, 0.2) is 12.3 Å². The second kappa shape index (κ2) is 3.97. The Morgan fingerprint density at radius 1 is 1.44 bits per heavy atom. The molecule has 0 saturated heterocycles. The molecule has 0 atom stereocenters. The fourth-order valence-corrected chi connectivity index (χ4v) is 1.50. The Labute approximate surface area is 92.1 Å². The van der Waals surface area contributed by atoms with E-state index in [1.807, 2.05) is 0 Å². The van der Waals surface area contributed by atoms with E-state index >= 15 is 0 Å². The van der Waals surface area contributed by atoms with E-state index in [0.29, 0.717) is 17.2 Å². The maximum atomic E-state index is 13.9. The summed E-state index contributed by atoms with van der Waals surface area (Å²) in [4.78, 5) is 8.06. The van der Waals surface area contributed by atoms with E-state index in [9.17, 15) is 4.39 Å². The number of nitrogens with two attached hydrogens (primary N) is 1. The van der Waals surface area contributed by atoms with Crippen molar-refractivity contribution >= 4 is 0 Å². The van der Waals surface area contributed by atoms with Crippen molar-refractivity contribution in [2.45, 2.75) is 20.4 Å². The predicted octanol–water partition coefficient (Wildman–Crippen LogP) is 0.877. The molecule has 2 rings (SSSR count). The van der Waals surface area contributed by atoms with Crippen LogP contribution in [0.3, 0.4) is 0 Å². The van der Waals surface area contributed by atoms with Crippen LogP contribution in [-0.4, -0.2) is 19.7 Å². The number of rotatable bonds is 2. The maximum absolute atomic E-state index is 13.9. The Morgan fingerprint density at radius 2 is 2.19 bits per heavy atom. The maximum Gasteiger partial charge on any atom is 0.191 e. The summed E-state index contributed by atoms with van der Waals surface area (Å²) in [6, 6.07) is 1.55. The van der Waals surface area contributed by atoms with E-state index in [-0.39, 0.29) is 12.4 Å². The van der Waals surface area contributed by atoms with Gasteiger partial charge in [0.25, 0.3) is 0 Å². The zero-order valence-corrected chi connectivity index (χ0v) is 9.11. The van der Waals surface area contributed by atoms with Gasteiger partial charge in [-0.15, -0.1) is 5.10 Å². The van der Waals surface area contributed by atoms with Crippen LogP contribution in [0.2, 0.25) is 0 Å². The molecular weight excluding hydrogens is 209 g/mol. The number of aryl methyl sites for hydroxylation is 2. The fraction of sp³-hybridized carbons (Fsp3) is 0.300. The van der Waals surface area contributed by atoms with Crippen molar-refractivity contribution in [2.75, 3.05) is 0 Å². The van der Waals surface area contributed by atoms with Crippen molar-refractivity contribution in [3.8, 4) is 5.82 Å². The van der Waals surface area contributed by atoms with Crippen LogP contribution < -0.4 is 5.73 Å². The van der Waals surface area contributed by atoms with Crippen molar-refractivity contribution in [2.24, 2.45) is 5.73 Å². The quantitative estimate of drug-likeness (QED) is 0.817. The molecule has 0 aliphatic carbocycles. The van der Waals surface area contributed by atoms with Crippen LogP contribution >= 0.6 is 0 Å². The molecule has 0 unspecified atom stereocenters. The first-order valence-corrected chi connectivity index (χ1v) is 4.87. The van der Waals surface area contributed by atoms with Crippen LogP contribution in [0, 0.1) is 19.7 Å². The second-order valence-corrected chi connectivity index (χ2v) is 3.43. The molecule has 6 heteroatoms.